The molecular formula is C20H36N2. The molecule has 0 unspecified atom stereocenters. The van der Waals surface area contributed by atoms with Crippen LogP contribution in [0.25, 0.3) is 6.08 Å². The summed E-state index contributed by atoms with van der Waals surface area (Å²) in [5.74, 6) is 0. The lowest BCUT2D eigenvalue weighted by atomic mass is 9.95. The molecule has 1 aliphatic carbocycles. The lowest BCUT2D eigenvalue weighted by Crippen LogP contribution is -2.28. The van der Waals surface area contributed by atoms with Crippen molar-refractivity contribution in [1.29, 1.82) is 0 Å². The van der Waals surface area contributed by atoms with Crippen molar-refractivity contribution in [1.82, 2.24) is 9.88 Å². The van der Waals surface area contributed by atoms with Crippen LogP contribution >= 0.6 is 0 Å². The molecule has 1 heterocycles. The number of aryl methyl sites for hydroxylation is 1. The van der Waals surface area contributed by atoms with Gasteiger partial charge in [0.1, 0.15) is 0 Å². The van der Waals surface area contributed by atoms with Gasteiger partial charge in [-0.3, -0.25) is 0 Å². The van der Waals surface area contributed by atoms with Gasteiger partial charge < -0.3 is 9.88 Å². The van der Waals surface area contributed by atoms with E-state index in [1.54, 1.807) is 0 Å². The van der Waals surface area contributed by atoms with Crippen LogP contribution in [-0.2, 0) is 12.8 Å². The molecule has 0 radical (unpaired) electrons. The summed E-state index contributed by atoms with van der Waals surface area (Å²) < 4.78 is 0. The Balaban J connectivity index is 0.00000116. The molecule has 2 heteroatoms. The zero-order valence-electron chi connectivity index (χ0n) is 15.5. The molecule has 0 amide bonds. The molecule has 1 aromatic heterocycles. The van der Waals surface area contributed by atoms with E-state index in [0.29, 0.717) is 0 Å². The minimum atomic E-state index is 1.18. The fraction of sp³-hybridized carbons (Fsp3) is 0.700. The Bertz CT molecular complexity index is 443. The highest BCUT2D eigenvalue weighted by molar-refractivity contribution is 5.61. The normalized spacial score (nSPS) is 13.5. The third-order valence-corrected chi connectivity index (χ3v) is 4.32. The van der Waals surface area contributed by atoms with Gasteiger partial charge in [0.25, 0.3) is 0 Å². The van der Waals surface area contributed by atoms with E-state index < -0.39 is 0 Å². The van der Waals surface area contributed by atoms with Crippen LogP contribution in [0.4, 0.5) is 0 Å². The van der Waals surface area contributed by atoms with Gasteiger partial charge in [0, 0.05) is 18.4 Å². The SMILES string of the molecule is CC.CCCCN(CCC)CCc1c[nH]c2c1C=C(C)CC2. The number of allylic oxidation sites excluding steroid dienone is 1. The number of fused-ring (bicyclic) bond motifs is 1. The Morgan fingerprint density at radius 1 is 1.05 bits per heavy atom. The van der Waals surface area contributed by atoms with Gasteiger partial charge in [0.05, 0.1) is 0 Å². The van der Waals surface area contributed by atoms with Crippen molar-refractivity contribution in [3.8, 4) is 0 Å². The Morgan fingerprint density at radius 2 is 1.82 bits per heavy atom. The fourth-order valence-electron chi connectivity index (χ4n) is 3.07. The van der Waals surface area contributed by atoms with E-state index in [9.17, 15) is 0 Å². The van der Waals surface area contributed by atoms with Crippen LogP contribution < -0.4 is 0 Å². The van der Waals surface area contributed by atoms with Crippen molar-refractivity contribution < 1.29 is 0 Å². The zero-order valence-corrected chi connectivity index (χ0v) is 15.5. The molecule has 126 valence electrons. The quantitative estimate of drug-likeness (QED) is 0.677. The Labute approximate surface area is 138 Å². The second-order valence-corrected chi connectivity index (χ2v) is 6.14. The Kier molecular flexibility index (Phi) is 9.22. The van der Waals surface area contributed by atoms with Gasteiger partial charge >= 0.3 is 0 Å². The molecule has 0 saturated heterocycles. The number of H-pyrrole nitrogens is 1. The highest BCUT2D eigenvalue weighted by Crippen LogP contribution is 2.26. The number of aromatic nitrogens is 1. The van der Waals surface area contributed by atoms with Crippen molar-refractivity contribution in [3.63, 3.8) is 0 Å². The van der Waals surface area contributed by atoms with E-state index in [4.69, 9.17) is 0 Å². The van der Waals surface area contributed by atoms with Crippen LogP contribution in [0.2, 0.25) is 0 Å². The van der Waals surface area contributed by atoms with Gasteiger partial charge in [-0.2, -0.15) is 0 Å². The largest absolute Gasteiger partial charge is 0.364 e. The smallest absolute Gasteiger partial charge is 0.0226 e. The first-order valence-electron chi connectivity index (χ1n) is 9.33. The third kappa shape index (κ3) is 5.64. The summed E-state index contributed by atoms with van der Waals surface area (Å²) in [6.07, 6.45) is 12.1. The number of unbranched alkanes of at least 4 members (excludes halogenated alkanes) is 1. The summed E-state index contributed by atoms with van der Waals surface area (Å²) in [6, 6.07) is 0. The highest BCUT2D eigenvalue weighted by atomic mass is 15.1. The molecule has 0 bridgehead atoms. The summed E-state index contributed by atoms with van der Waals surface area (Å²) in [6.45, 7) is 14.5. The van der Waals surface area contributed by atoms with E-state index in [-0.39, 0.29) is 0 Å². The number of hydrogen-bond acceptors (Lipinski definition) is 1. The number of nitrogens with one attached hydrogen (secondary N) is 1. The van der Waals surface area contributed by atoms with Crippen LogP contribution in [-0.4, -0.2) is 29.5 Å². The summed E-state index contributed by atoms with van der Waals surface area (Å²) >= 11 is 0. The number of aromatic amines is 1. The average molecular weight is 305 g/mol. The maximum atomic E-state index is 3.48. The number of rotatable bonds is 8. The first-order valence-corrected chi connectivity index (χ1v) is 9.33. The fourth-order valence-corrected chi connectivity index (χ4v) is 3.07. The van der Waals surface area contributed by atoms with Gasteiger partial charge in [0.2, 0.25) is 0 Å². The topological polar surface area (TPSA) is 19.0 Å². The molecule has 1 N–H and O–H groups in total. The van der Waals surface area contributed by atoms with Crippen molar-refractivity contribution in [2.24, 2.45) is 0 Å². The van der Waals surface area contributed by atoms with Gasteiger partial charge in [-0.25, -0.2) is 0 Å². The minimum Gasteiger partial charge on any atom is -0.364 e. The maximum Gasteiger partial charge on any atom is 0.0226 e. The number of hydrogen-bond donors (Lipinski definition) is 1. The molecule has 0 fully saturated rings. The van der Waals surface area contributed by atoms with Gasteiger partial charge in [0.15, 0.2) is 0 Å². The number of nitrogens with zero attached hydrogens (tertiary/aromatic N) is 1. The molecule has 2 rings (SSSR count). The second-order valence-electron chi connectivity index (χ2n) is 6.14. The Hall–Kier alpha value is -1.02. The van der Waals surface area contributed by atoms with Crippen molar-refractivity contribution >= 4 is 6.08 Å². The highest BCUT2D eigenvalue weighted by Gasteiger charge is 2.14. The van der Waals surface area contributed by atoms with Crippen LogP contribution in [0.1, 0.15) is 77.1 Å². The van der Waals surface area contributed by atoms with Crippen LogP contribution in [0, 0.1) is 0 Å². The zero-order chi connectivity index (χ0) is 16.4. The second kappa shape index (κ2) is 10.7. The summed E-state index contributed by atoms with van der Waals surface area (Å²) in [7, 11) is 0. The van der Waals surface area contributed by atoms with Gasteiger partial charge in [-0.05, 0) is 63.2 Å². The summed E-state index contributed by atoms with van der Waals surface area (Å²) in [4.78, 5) is 6.11. The van der Waals surface area contributed by atoms with Crippen molar-refractivity contribution in [2.45, 2.75) is 73.1 Å². The monoisotopic (exact) mass is 304 g/mol. The Morgan fingerprint density at radius 3 is 2.50 bits per heavy atom. The maximum absolute atomic E-state index is 3.48. The average Bonchev–Trinajstić information content (AvgIpc) is 2.94. The molecule has 0 aromatic carbocycles. The molecule has 2 nitrogen and oxygen atoms in total. The van der Waals surface area contributed by atoms with E-state index in [1.165, 1.54) is 80.6 Å². The van der Waals surface area contributed by atoms with Crippen LogP contribution in [0.15, 0.2) is 11.8 Å². The third-order valence-electron chi connectivity index (χ3n) is 4.32. The van der Waals surface area contributed by atoms with E-state index >= 15 is 0 Å². The van der Waals surface area contributed by atoms with Gasteiger partial charge in [-0.1, -0.05) is 45.8 Å². The molecule has 1 aromatic rings. The minimum absolute atomic E-state index is 1.18. The molecule has 0 atom stereocenters. The van der Waals surface area contributed by atoms with E-state index in [0.717, 1.165) is 0 Å². The summed E-state index contributed by atoms with van der Waals surface area (Å²) in [5.41, 5.74) is 5.97. The molecule has 0 saturated carbocycles. The molecule has 22 heavy (non-hydrogen) atoms. The molecule has 0 aliphatic heterocycles. The predicted molar refractivity (Wildman–Crippen MR) is 99.5 cm³/mol. The predicted octanol–water partition coefficient (Wildman–Crippen LogP) is 5.45. The summed E-state index contributed by atoms with van der Waals surface area (Å²) in [5, 5.41) is 0. The van der Waals surface area contributed by atoms with Gasteiger partial charge in [-0.15, -0.1) is 0 Å². The standard InChI is InChI=1S/C18H30N2.C2H6/c1-4-6-11-20(10-5-2)12-9-16-14-19-18-8-7-15(3)13-17(16)18;1-2/h13-14,19H,4-12H2,1-3H3;1-2H3. The lowest BCUT2D eigenvalue weighted by molar-refractivity contribution is 0.273. The lowest BCUT2D eigenvalue weighted by Gasteiger charge is -2.21. The van der Waals surface area contributed by atoms with Crippen molar-refractivity contribution in [2.75, 3.05) is 19.6 Å². The van der Waals surface area contributed by atoms with E-state index in [1.807, 2.05) is 13.8 Å². The van der Waals surface area contributed by atoms with Crippen LogP contribution in [0.5, 0.6) is 0 Å². The van der Waals surface area contributed by atoms with E-state index in [2.05, 4.69) is 42.9 Å². The van der Waals surface area contributed by atoms with Crippen LogP contribution in [0.3, 0.4) is 0 Å². The first-order chi connectivity index (χ1) is 10.7. The first kappa shape index (κ1) is 19.0. The molecule has 0 spiro atoms. The molecule has 1 aliphatic rings. The van der Waals surface area contributed by atoms with Crippen molar-refractivity contribution in [3.05, 3.63) is 28.6 Å². The molecular weight excluding hydrogens is 268 g/mol.